The number of nitrogens with one attached hydrogen (secondary N) is 2. The standard InChI is InChI=1S/C29H24N2O4/c1-34-28(32)25-16-19(17-27-24(25)13-15-30-27)8-6-7-14-31-29(33)35-18-26-22-11-4-2-9-20(22)21-10-3-5-12-23(21)26/h2-5,9-13,15-17,26,30H,7,14,18H2,1H3,(H,31,33). The Morgan fingerprint density at radius 2 is 1.71 bits per heavy atom. The van der Waals surface area contributed by atoms with E-state index in [9.17, 15) is 9.59 Å². The number of hydrogen-bond donors (Lipinski definition) is 2. The maximum absolute atomic E-state index is 12.3. The predicted molar refractivity (Wildman–Crippen MR) is 134 cm³/mol. The van der Waals surface area contributed by atoms with Gasteiger partial charge in [0.2, 0.25) is 0 Å². The third-order valence-corrected chi connectivity index (χ3v) is 6.17. The third-order valence-electron chi connectivity index (χ3n) is 6.17. The Morgan fingerprint density at radius 1 is 1.00 bits per heavy atom. The molecule has 0 atom stereocenters. The molecule has 1 heterocycles. The van der Waals surface area contributed by atoms with E-state index in [0.29, 0.717) is 24.1 Å². The predicted octanol–water partition coefficient (Wildman–Crippen LogP) is 5.23. The van der Waals surface area contributed by atoms with Gasteiger partial charge in [-0.05, 0) is 40.5 Å². The monoisotopic (exact) mass is 464 g/mol. The lowest BCUT2D eigenvalue weighted by Gasteiger charge is -2.14. The van der Waals surface area contributed by atoms with E-state index >= 15 is 0 Å². The molecule has 1 amide bonds. The average Bonchev–Trinajstić information content (AvgIpc) is 3.49. The first-order chi connectivity index (χ1) is 17.2. The Balaban J connectivity index is 1.16. The van der Waals surface area contributed by atoms with Gasteiger partial charge in [-0.3, -0.25) is 0 Å². The van der Waals surface area contributed by atoms with E-state index in [1.165, 1.54) is 29.4 Å². The van der Waals surface area contributed by atoms with Crippen LogP contribution >= 0.6 is 0 Å². The van der Waals surface area contributed by atoms with Crippen LogP contribution in [0.3, 0.4) is 0 Å². The molecular formula is C29H24N2O4. The van der Waals surface area contributed by atoms with Crippen LogP contribution in [0.4, 0.5) is 4.79 Å². The Morgan fingerprint density at radius 3 is 2.43 bits per heavy atom. The molecule has 1 aromatic heterocycles. The lowest BCUT2D eigenvalue weighted by Crippen LogP contribution is -2.26. The number of esters is 1. The molecule has 0 aliphatic heterocycles. The summed E-state index contributed by atoms with van der Waals surface area (Å²) in [7, 11) is 1.36. The van der Waals surface area contributed by atoms with Gasteiger partial charge in [-0.2, -0.15) is 0 Å². The van der Waals surface area contributed by atoms with Crippen LogP contribution in [0.1, 0.15) is 39.4 Å². The van der Waals surface area contributed by atoms with Crippen LogP contribution in [0.15, 0.2) is 72.9 Å². The normalized spacial score (nSPS) is 11.8. The SMILES string of the molecule is COC(=O)c1cc(C#CCCNC(=O)OCC2c3ccccc3-c3ccccc32)cc2[nH]ccc12. The lowest BCUT2D eigenvalue weighted by atomic mass is 9.98. The molecule has 4 aromatic rings. The number of benzene rings is 3. The molecule has 0 saturated heterocycles. The smallest absolute Gasteiger partial charge is 0.407 e. The quantitative estimate of drug-likeness (QED) is 0.241. The van der Waals surface area contributed by atoms with E-state index in [1.54, 1.807) is 12.3 Å². The van der Waals surface area contributed by atoms with Crippen molar-refractivity contribution in [3.63, 3.8) is 0 Å². The number of rotatable bonds is 5. The fraction of sp³-hybridized carbons (Fsp3) is 0.172. The zero-order valence-corrected chi connectivity index (χ0v) is 19.3. The fourth-order valence-electron chi connectivity index (χ4n) is 4.56. The summed E-state index contributed by atoms with van der Waals surface area (Å²) in [5.74, 6) is 5.70. The first kappa shape index (κ1) is 22.3. The van der Waals surface area contributed by atoms with Crippen LogP contribution in [-0.2, 0) is 9.47 Å². The van der Waals surface area contributed by atoms with E-state index < -0.39 is 12.1 Å². The number of carbonyl (C=O) groups is 2. The van der Waals surface area contributed by atoms with Crippen LogP contribution in [0.5, 0.6) is 0 Å². The van der Waals surface area contributed by atoms with Crippen molar-refractivity contribution >= 4 is 23.0 Å². The second-order valence-electron chi connectivity index (χ2n) is 8.26. The number of alkyl carbamates (subject to hydrolysis) is 1. The van der Waals surface area contributed by atoms with Gasteiger partial charge in [0.05, 0.1) is 12.7 Å². The Bertz CT molecular complexity index is 1430. The highest BCUT2D eigenvalue weighted by Crippen LogP contribution is 2.44. The number of carbonyl (C=O) groups excluding carboxylic acids is 2. The number of amides is 1. The highest BCUT2D eigenvalue weighted by molar-refractivity contribution is 6.04. The van der Waals surface area contributed by atoms with Crippen molar-refractivity contribution in [1.29, 1.82) is 0 Å². The van der Waals surface area contributed by atoms with Crippen molar-refractivity contribution in [2.75, 3.05) is 20.3 Å². The molecule has 174 valence electrons. The molecule has 6 heteroatoms. The van der Waals surface area contributed by atoms with Crippen molar-refractivity contribution < 1.29 is 19.1 Å². The molecule has 0 radical (unpaired) electrons. The van der Waals surface area contributed by atoms with Gasteiger partial charge in [-0.1, -0.05) is 60.4 Å². The maximum Gasteiger partial charge on any atom is 0.407 e. The average molecular weight is 465 g/mol. The molecule has 3 aromatic carbocycles. The summed E-state index contributed by atoms with van der Waals surface area (Å²) < 4.78 is 10.4. The summed E-state index contributed by atoms with van der Waals surface area (Å²) in [6.45, 7) is 0.635. The van der Waals surface area contributed by atoms with Crippen LogP contribution in [0, 0.1) is 11.8 Å². The molecule has 0 unspecified atom stereocenters. The topological polar surface area (TPSA) is 80.4 Å². The Labute approximate surface area is 203 Å². The van der Waals surface area contributed by atoms with E-state index in [4.69, 9.17) is 9.47 Å². The minimum Gasteiger partial charge on any atom is -0.465 e. The van der Waals surface area contributed by atoms with E-state index in [1.807, 2.05) is 36.4 Å². The minimum absolute atomic E-state index is 0.0276. The summed E-state index contributed by atoms with van der Waals surface area (Å²) in [5.41, 5.74) is 6.72. The second kappa shape index (κ2) is 9.78. The first-order valence-electron chi connectivity index (χ1n) is 11.4. The van der Waals surface area contributed by atoms with Crippen molar-refractivity contribution in [2.24, 2.45) is 0 Å². The number of aromatic amines is 1. The molecular weight excluding hydrogens is 440 g/mol. The zero-order valence-electron chi connectivity index (χ0n) is 19.3. The summed E-state index contributed by atoms with van der Waals surface area (Å²) in [6, 6.07) is 21.9. The van der Waals surface area contributed by atoms with Crippen molar-refractivity contribution in [2.45, 2.75) is 12.3 Å². The van der Waals surface area contributed by atoms with Gasteiger partial charge in [-0.25, -0.2) is 9.59 Å². The highest BCUT2D eigenvalue weighted by Gasteiger charge is 2.28. The molecule has 1 aliphatic rings. The van der Waals surface area contributed by atoms with Gasteiger partial charge in [0.1, 0.15) is 6.61 Å². The second-order valence-corrected chi connectivity index (χ2v) is 8.26. The summed E-state index contributed by atoms with van der Waals surface area (Å²) in [5, 5.41) is 3.55. The van der Waals surface area contributed by atoms with Gasteiger partial charge in [0.25, 0.3) is 0 Å². The number of H-pyrrole nitrogens is 1. The largest absolute Gasteiger partial charge is 0.465 e. The summed E-state index contributed by atoms with van der Waals surface area (Å²) >= 11 is 0. The molecule has 2 N–H and O–H groups in total. The van der Waals surface area contributed by atoms with Gasteiger partial charge in [0.15, 0.2) is 0 Å². The Kier molecular flexibility index (Phi) is 6.23. The molecule has 0 bridgehead atoms. The molecule has 5 rings (SSSR count). The number of fused-ring (bicyclic) bond motifs is 4. The highest BCUT2D eigenvalue weighted by atomic mass is 16.5. The summed E-state index contributed by atoms with van der Waals surface area (Å²) in [4.78, 5) is 27.5. The Hall–Kier alpha value is -4.50. The fourth-order valence-corrected chi connectivity index (χ4v) is 4.56. The number of hydrogen-bond acceptors (Lipinski definition) is 4. The molecule has 0 spiro atoms. The van der Waals surface area contributed by atoms with Crippen LogP contribution in [-0.4, -0.2) is 37.3 Å². The number of aromatic nitrogens is 1. The van der Waals surface area contributed by atoms with E-state index in [2.05, 4.69) is 46.4 Å². The molecule has 0 fully saturated rings. The molecule has 1 aliphatic carbocycles. The maximum atomic E-state index is 12.3. The molecule has 35 heavy (non-hydrogen) atoms. The minimum atomic E-state index is -0.463. The van der Waals surface area contributed by atoms with Crippen molar-refractivity contribution in [1.82, 2.24) is 10.3 Å². The zero-order chi connectivity index (χ0) is 24.2. The third kappa shape index (κ3) is 4.49. The molecule has 6 nitrogen and oxygen atoms in total. The van der Waals surface area contributed by atoms with Crippen LogP contribution in [0.2, 0.25) is 0 Å². The number of methoxy groups -OCH3 is 1. The van der Waals surface area contributed by atoms with Crippen LogP contribution < -0.4 is 5.32 Å². The lowest BCUT2D eigenvalue weighted by molar-refractivity contribution is 0.0603. The van der Waals surface area contributed by atoms with Gasteiger partial charge >= 0.3 is 12.1 Å². The summed E-state index contributed by atoms with van der Waals surface area (Å²) in [6.07, 6.45) is 1.75. The van der Waals surface area contributed by atoms with Gasteiger partial charge in [-0.15, -0.1) is 0 Å². The number of ether oxygens (including phenoxy) is 2. The van der Waals surface area contributed by atoms with E-state index in [-0.39, 0.29) is 12.5 Å². The first-order valence-corrected chi connectivity index (χ1v) is 11.4. The van der Waals surface area contributed by atoms with E-state index in [0.717, 1.165) is 10.9 Å². The van der Waals surface area contributed by atoms with Crippen LogP contribution in [0.25, 0.3) is 22.0 Å². The van der Waals surface area contributed by atoms with Gasteiger partial charge in [0, 0.05) is 41.5 Å². The van der Waals surface area contributed by atoms with Crippen molar-refractivity contribution in [3.8, 4) is 23.0 Å². The molecule has 0 saturated carbocycles. The van der Waals surface area contributed by atoms with Gasteiger partial charge < -0.3 is 19.8 Å². The van der Waals surface area contributed by atoms with Crippen molar-refractivity contribution in [3.05, 3.63) is 95.2 Å².